The molecule has 0 radical (unpaired) electrons. The summed E-state index contributed by atoms with van der Waals surface area (Å²) in [6.07, 6.45) is 2.39. The van der Waals surface area contributed by atoms with E-state index in [1.165, 1.54) is 12.1 Å². The lowest BCUT2D eigenvalue weighted by molar-refractivity contribution is -0.0392. The Morgan fingerprint density at radius 3 is 2.89 bits per heavy atom. The van der Waals surface area contributed by atoms with Crippen molar-refractivity contribution < 1.29 is 9.13 Å². The lowest BCUT2D eigenvalue weighted by atomic mass is 9.82. The zero-order chi connectivity index (χ0) is 13.0. The molecular weight excluding hydrogens is 231 g/mol. The Labute approximate surface area is 107 Å². The first-order valence-electron chi connectivity index (χ1n) is 6.17. The topological polar surface area (TPSA) is 45.0 Å². The van der Waals surface area contributed by atoms with Gasteiger partial charge in [0.05, 0.1) is 24.3 Å². The van der Waals surface area contributed by atoms with Gasteiger partial charge in [-0.1, -0.05) is 0 Å². The van der Waals surface area contributed by atoms with Crippen molar-refractivity contribution in [2.45, 2.75) is 25.6 Å². The summed E-state index contributed by atoms with van der Waals surface area (Å²) < 4.78 is 18.9. The number of hydrogen-bond donors (Lipinski definition) is 1. The fourth-order valence-corrected chi connectivity index (χ4v) is 2.28. The number of nitriles is 1. The molecule has 96 valence electrons. The van der Waals surface area contributed by atoms with Crippen LogP contribution in [0.3, 0.4) is 0 Å². The molecule has 0 amide bonds. The third-order valence-corrected chi connectivity index (χ3v) is 3.26. The zero-order valence-electron chi connectivity index (χ0n) is 10.4. The molecule has 1 aromatic rings. The van der Waals surface area contributed by atoms with E-state index >= 15 is 0 Å². The highest BCUT2D eigenvalue weighted by Crippen LogP contribution is 2.30. The Hall–Kier alpha value is -1.44. The van der Waals surface area contributed by atoms with Crippen LogP contribution in [0.4, 0.5) is 4.39 Å². The average molecular weight is 248 g/mol. The molecule has 2 rings (SSSR count). The predicted octanol–water partition coefficient (Wildman–Crippen LogP) is 2.21. The van der Waals surface area contributed by atoms with Gasteiger partial charge in [-0.2, -0.15) is 5.26 Å². The summed E-state index contributed by atoms with van der Waals surface area (Å²) in [5.41, 5.74) is 1.07. The van der Waals surface area contributed by atoms with Crippen LogP contribution in [-0.4, -0.2) is 19.7 Å². The molecule has 1 aliphatic carbocycles. The smallest absolute Gasteiger partial charge is 0.124 e. The Balaban J connectivity index is 1.81. The van der Waals surface area contributed by atoms with Crippen molar-refractivity contribution in [1.29, 1.82) is 5.26 Å². The van der Waals surface area contributed by atoms with Crippen LogP contribution in [0.5, 0.6) is 0 Å². The van der Waals surface area contributed by atoms with Gasteiger partial charge in [-0.3, -0.25) is 0 Å². The first kappa shape index (κ1) is 13.0. The van der Waals surface area contributed by atoms with E-state index in [-0.39, 0.29) is 11.9 Å². The van der Waals surface area contributed by atoms with Crippen molar-refractivity contribution in [2.24, 2.45) is 5.92 Å². The van der Waals surface area contributed by atoms with Crippen molar-refractivity contribution >= 4 is 0 Å². The fraction of sp³-hybridized carbons (Fsp3) is 0.500. The van der Waals surface area contributed by atoms with Crippen LogP contribution in [0.2, 0.25) is 0 Å². The average Bonchev–Trinajstić information content (AvgIpc) is 2.31. The molecule has 0 aliphatic heterocycles. The molecule has 0 saturated heterocycles. The number of halogens is 1. The maximum atomic E-state index is 13.2. The Kier molecular flexibility index (Phi) is 4.29. The second-order valence-corrected chi connectivity index (χ2v) is 4.79. The largest absolute Gasteiger partial charge is 0.374 e. The highest BCUT2D eigenvalue weighted by atomic mass is 19.1. The van der Waals surface area contributed by atoms with Crippen LogP contribution >= 0.6 is 0 Å². The minimum absolute atomic E-state index is 0.275. The minimum Gasteiger partial charge on any atom is -0.374 e. The highest BCUT2D eigenvalue weighted by Gasteiger charge is 2.28. The van der Waals surface area contributed by atoms with Crippen molar-refractivity contribution in [1.82, 2.24) is 5.32 Å². The summed E-state index contributed by atoms with van der Waals surface area (Å²) in [5.74, 6) is 0.316. The quantitative estimate of drug-likeness (QED) is 0.869. The van der Waals surface area contributed by atoms with Gasteiger partial charge in [0.1, 0.15) is 5.82 Å². The van der Waals surface area contributed by atoms with E-state index in [1.54, 1.807) is 6.07 Å². The molecule has 0 aromatic heterocycles. The van der Waals surface area contributed by atoms with Gasteiger partial charge in [0.15, 0.2) is 0 Å². The SMILES string of the molecule is CNCC1CC(OCc2cc(F)cc(C#N)c2)C1. The molecule has 1 fully saturated rings. The monoisotopic (exact) mass is 248 g/mol. The third kappa shape index (κ3) is 3.28. The molecule has 1 N–H and O–H groups in total. The van der Waals surface area contributed by atoms with Crippen LogP contribution in [0.1, 0.15) is 24.0 Å². The lowest BCUT2D eigenvalue weighted by Crippen LogP contribution is -2.36. The molecule has 0 bridgehead atoms. The second-order valence-electron chi connectivity index (χ2n) is 4.79. The van der Waals surface area contributed by atoms with Crippen molar-refractivity contribution in [3.63, 3.8) is 0 Å². The summed E-state index contributed by atoms with van der Waals surface area (Å²) in [4.78, 5) is 0. The van der Waals surface area contributed by atoms with Crippen molar-refractivity contribution in [3.8, 4) is 6.07 Å². The molecule has 0 atom stereocenters. The Morgan fingerprint density at radius 1 is 1.44 bits per heavy atom. The van der Waals surface area contributed by atoms with Gasteiger partial charge in [-0.05, 0) is 56.1 Å². The molecule has 1 aromatic carbocycles. The van der Waals surface area contributed by atoms with Crippen LogP contribution in [-0.2, 0) is 11.3 Å². The fourth-order valence-electron chi connectivity index (χ4n) is 2.28. The second kappa shape index (κ2) is 5.94. The number of nitrogens with one attached hydrogen (secondary N) is 1. The number of ether oxygens (including phenoxy) is 1. The van der Waals surface area contributed by atoms with E-state index in [9.17, 15) is 4.39 Å². The van der Waals surface area contributed by atoms with E-state index in [2.05, 4.69) is 5.32 Å². The highest BCUT2D eigenvalue weighted by molar-refractivity contribution is 5.33. The number of benzene rings is 1. The first-order valence-corrected chi connectivity index (χ1v) is 6.17. The molecule has 0 spiro atoms. The Bertz CT molecular complexity index is 450. The van der Waals surface area contributed by atoms with Crippen LogP contribution in [0, 0.1) is 23.1 Å². The third-order valence-electron chi connectivity index (χ3n) is 3.26. The van der Waals surface area contributed by atoms with Gasteiger partial charge in [0, 0.05) is 0 Å². The van der Waals surface area contributed by atoms with Gasteiger partial charge in [-0.25, -0.2) is 4.39 Å². The van der Waals surface area contributed by atoms with Gasteiger partial charge in [0.2, 0.25) is 0 Å². The van der Waals surface area contributed by atoms with Gasteiger partial charge >= 0.3 is 0 Å². The summed E-state index contributed by atoms with van der Waals surface area (Å²) in [5, 5.41) is 11.9. The van der Waals surface area contributed by atoms with E-state index in [0.29, 0.717) is 18.1 Å². The summed E-state index contributed by atoms with van der Waals surface area (Å²) >= 11 is 0. The summed E-state index contributed by atoms with van der Waals surface area (Å²) in [6, 6.07) is 6.27. The molecule has 18 heavy (non-hydrogen) atoms. The standard InChI is InChI=1S/C14H17FN2O/c1-17-8-11-5-14(6-11)18-9-12-2-10(7-16)3-13(15)4-12/h2-4,11,14,17H,5-6,8-9H2,1H3. The van der Waals surface area contributed by atoms with Crippen LogP contribution in [0.15, 0.2) is 18.2 Å². The molecule has 4 heteroatoms. The predicted molar refractivity (Wildman–Crippen MR) is 66.3 cm³/mol. The van der Waals surface area contributed by atoms with E-state index in [0.717, 1.165) is 24.9 Å². The number of nitrogens with zero attached hydrogens (tertiary/aromatic N) is 1. The Morgan fingerprint density at radius 2 is 2.22 bits per heavy atom. The first-order chi connectivity index (χ1) is 8.71. The number of hydrogen-bond acceptors (Lipinski definition) is 3. The van der Waals surface area contributed by atoms with Crippen molar-refractivity contribution in [3.05, 3.63) is 35.1 Å². The van der Waals surface area contributed by atoms with Crippen LogP contribution in [0.25, 0.3) is 0 Å². The van der Waals surface area contributed by atoms with Gasteiger partial charge < -0.3 is 10.1 Å². The minimum atomic E-state index is -0.380. The van der Waals surface area contributed by atoms with Crippen LogP contribution < -0.4 is 5.32 Å². The molecule has 0 heterocycles. The molecule has 0 unspecified atom stereocenters. The molecular formula is C14H17FN2O. The van der Waals surface area contributed by atoms with Gasteiger partial charge in [-0.15, -0.1) is 0 Å². The summed E-state index contributed by atoms with van der Waals surface area (Å²) in [6.45, 7) is 1.40. The lowest BCUT2D eigenvalue weighted by Gasteiger charge is -2.35. The maximum Gasteiger partial charge on any atom is 0.124 e. The van der Waals surface area contributed by atoms with E-state index in [4.69, 9.17) is 10.00 Å². The van der Waals surface area contributed by atoms with E-state index < -0.39 is 0 Å². The van der Waals surface area contributed by atoms with Crippen molar-refractivity contribution in [2.75, 3.05) is 13.6 Å². The van der Waals surface area contributed by atoms with E-state index in [1.807, 2.05) is 13.1 Å². The maximum absolute atomic E-state index is 13.2. The zero-order valence-corrected chi connectivity index (χ0v) is 10.4. The van der Waals surface area contributed by atoms with Gasteiger partial charge in [0.25, 0.3) is 0 Å². The molecule has 3 nitrogen and oxygen atoms in total. The summed E-state index contributed by atoms with van der Waals surface area (Å²) in [7, 11) is 1.95. The molecule has 1 saturated carbocycles. The number of rotatable bonds is 5. The normalized spacial score (nSPS) is 22.3. The molecule has 1 aliphatic rings.